The fraction of sp³-hybridized carbons (Fsp3) is 0.538. The molecule has 2 aromatic rings. The van der Waals surface area contributed by atoms with E-state index in [0.717, 1.165) is 50.8 Å². The van der Waals surface area contributed by atoms with E-state index in [1.807, 2.05) is 19.1 Å². The molecule has 0 aromatic carbocycles. The molecule has 0 bridgehead atoms. The van der Waals surface area contributed by atoms with Crippen molar-refractivity contribution in [3.63, 3.8) is 0 Å². The van der Waals surface area contributed by atoms with E-state index >= 15 is 0 Å². The standard InChI is InChI=1S/C26H34N4O2S2/c1-5-6-7-8-11-30-25(32)21(34-26(30)33)14-20-23(28-15-17(2)13-18(3)16-28)27-22-19(4)10-9-12-29(22)24(20)31/h9-10,12,14,17-18H,5-8,11,13,15-16H2,1-4H3/b21-14+/t17-,18-/m0/s1. The quantitative estimate of drug-likeness (QED) is 0.295. The van der Waals surface area contributed by atoms with Gasteiger partial charge in [0.1, 0.15) is 15.8 Å². The molecule has 6 nitrogen and oxygen atoms in total. The smallest absolute Gasteiger partial charge is 0.267 e. The summed E-state index contributed by atoms with van der Waals surface area (Å²) in [5, 5.41) is 0. The normalized spacial score (nSPS) is 22.4. The first-order valence-corrected chi connectivity index (χ1v) is 13.5. The average Bonchev–Trinajstić information content (AvgIpc) is 3.05. The van der Waals surface area contributed by atoms with E-state index in [4.69, 9.17) is 17.2 Å². The zero-order valence-electron chi connectivity index (χ0n) is 20.5. The third kappa shape index (κ3) is 5.08. The van der Waals surface area contributed by atoms with Crippen LogP contribution >= 0.6 is 24.0 Å². The summed E-state index contributed by atoms with van der Waals surface area (Å²) in [4.78, 5) is 36.3. The molecular formula is C26H34N4O2S2. The van der Waals surface area contributed by atoms with Crippen LogP contribution in [-0.4, -0.2) is 44.1 Å². The Morgan fingerprint density at radius 3 is 2.62 bits per heavy atom. The Morgan fingerprint density at radius 1 is 1.18 bits per heavy atom. The molecule has 182 valence electrons. The lowest BCUT2D eigenvalue weighted by Gasteiger charge is -2.36. The number of nitrogens with zero attached hydrogens (tertiary/aromatic N) is 4. The minimum atomic E-state index is -0.150. The van der Waals surface area contributed by atoms with Crippen molar-refractivity contribution in [3.8, 4) is 0 Å². The number of hydrogen-bond acceptors (Lipinski definition) is 6. The van der Waals surface area contributed by atoms with Crippen LogP contribution in [0.25, 0.3) is 11.7 Å². The summed E-state index contributed by atoms with van der Waals surface area (Å²) >= 11 is 6.81. The van der Waals surface area contributed by atoms with Gasteiger partial charge >= 0.3 is 0 Å². The lowest BCUT2D eigenvalue weighted by atomic mass is 9.91. The third-order valence-corrected chi connectivity index (χ3v) is 7.99. The molecule has 4 heterocycles. The first kappa shape index (κ1) is 24.9. The van der Waals surface area contributed by atoms with E-state index in [2.05, 4.69) is 25.7 Å². The van der Waals surface area contributed by atoms with Gasteiger partial charge in [0.2, 0.25) is 0 Å². The van der Waals surface area contributed by atoms with Crippen LogP contribution in [0.1, 0.15) is 64.0 Å². The second kappa shape index (κ2) is 10.6. The van der Waals surface area contributed by atoms with E-state index in [9.17, 15) is 9.59 Å². The number of pyridine rings is 1. The lowest BCUT2D eigenvalue weighted by molar-refractivity contribution is -0.122. The molecule has 0 saturated carbocycles. The van der Waals surface area contributed by atoms with Crippen LogP contribution in [0.4, 0.5) is 5.82 Å². The van der Waals surface area contributed by atoms with Crippen molar-refractivity contribution in [2.75, 3.05) is 24.5 Å². The van der Waals surface area contributed by atoms with E-state index in [1.54, 1.807) is 21.6 Å². The third-order valence-electron chi connectivity index (χ3n) is 6.62. The summed E-state index contributed by atoms with van der Waals surface area (Å²) in [6, 6.07) is 3.83. The molecule has 0 spiro atoms. The number of carbonyl (C=O) groups excluding carboxylic acids is 1. The van der Waals surface area contributed by atoms with Gasteiger partial charge in [0.05, 0.1) is 10.5 Å². The molecule has 0 aliphatic carbocycles. The molecular weight excluding hydrogens is 464 g/mol. The number of piperidine rings is 1. The van der Waals surface area contributed by atoms with Crippen molar-refractivity contribution >= 4 is 51.7 Å². The predicted octanol–water partition coefficient (Wildman–Crippen LogP) is 5.27. The minimum absolute atomic E-state index is 0.105. The van der Waals surface area contributed by atoms with E-state index in [1.165, 1.54) is 11.8 Å². The van der Waals surface area contributed by atoms with Crippen molar-refractivity contribution in [2.24, 2.45) is 11.8 Å². The van der Waals surface area contributed by atoms with Crippen molar-refractivity contribution in [2.45, 2.75) is 59.8 Å². The SMILES string of the molecule is CCCCCCN1C(=O)/C(=C\c2c(N3C[C@@H](C)C[C@H](C)C3)nc3c(C)cccn3c2=O)SC1=S. The largest absolute Gasteiger partial charge is 0.355 e. The van der Waals surface area contributed by atoms with Crippen LogP contribution in [0, 0.1) is 18.8 Å². The summed E-state index contributed by atoms with van der Waals surface area (Å²) in [5.74, 6) is 1.59. The van der Waals surface area contributed by atoms with E-state index in [0.29, 0.717) is 44.6 Å². The maximum absolute atomic E-state index is 13.7. The van der Waals surface area contributed by atoms with Gasteiger partial charge in [-0.2, -0.15) is 0 Å². The number of hydrogen-bond donors (Lipinski definition) is 0. The van der Waals surface area contributed by atoms with Gasteiger partial charge in [0.15, 0.2) is 0 Å². The van der Waals surface area contributed by atoms with Gasteiger partial charge in [-0.05, 0) is 49.3 Å². The molecule has 0 N–H and O–H groups in total. The van der Waals surface area contributed by atoms with Gasteiger partial charge in [-0.25, -0.2) is 4.98 Å². The van der Waals surface area contributed by atoms with Gasteiger partial charge in [0, 0.05) is 25.8 Å². The number of rotatable bonds is 7. The summed E-state index contributed by atoms with van der Waals surface area (Å²) in [5.41, 5.74) is 1.93. The Labute approximate surface area is 211 Å². The highest BCUT2D eigenvalue weighted by Crippen LogP contribution is 2.35. The molecule has 2 aliphatic rings. The first-order valence-electron chi connectivity index (χ1n) is 12.3. The van der Waals surface area contributed by atoms with Crippen LogP contribution in [0.5, 0.6) is 0 Å². The molecule has 0 radical (unpaired) electrons. The molecule has 0 unspecified atom stereocenters. The van der Waals surface area contributed by atoms with Crippen LogP contribution in [0.3, 0.4) is 0 Å². The molecule has 1 amide bonds. The number of anilines is 1. The van der Waals surface area contributed by atoms with Gasteiger partial charge in [-0.1, -0.05) is 70.1 Å². The second-order valence-electron chi connectivity index (χ2n) is 9.78. The van der Waals surface area contributed by atoms with Crippen molar-refractivity contribution in [3.05, 3.63) is 44.7 Å². The van der Waals surface area contributed by atoms with E-state index in [-0.39, 0.29) is 11.5 Å². The number of aromatic nitrogens is 2. The number of thioether (sulfide) groups is 1. The minimum Gasteiger partial charge on any atom is -0.355 e. The molecule has 2 fully saturated rings. The first-order chi connectivity index (χ1) is 16.3. The molecule has 4 rings (SSSR count). The molecule has 8 heteroatoms. The monoisotopic (exact) mass is 498 g/mol. The summed E-state index contributed by atoms with van der Waals surface area (Å²) in [6.07, 6.45) is 8.95. The Balaban J connectivity index is 1.76. The molecule has 34 heavy (non-hydrogen) atoms. The Bertz CT molecular complexity index is 1180. The molecule has 2 aliphatic heterocycles. The highest BCUT2D eigenvalue weighted by atomic mass is 32.2. The maximum Gasteiger partial charge on any atom is 0.267 e. The number of thiocarbonyl (C=S) groups is 1. The van der Waals surface area contributed by atoms with Gasteiger partial charge < -0.3 is 4.90 Å². The highest BCUT2D eigenvalue weighted by Gasteiger charge is 2.33. The topological polar surface area (TPSA) is 57.9 Å². The van der Waals surface area contributed by atoms with Gasteiger partial charge in [-0.3, -0.25) is 18.9 Å². The summed E-state index contributed by atoms with van der Waals surface area (Å²) in [6.45, 7) is 10.9. The number of unbranched alkanes of at least 4 members (excludes halogenated alkanes) is 3. The number of aryl methyl sites for hydroxylation is 1. The van der Waals surface area contributed by atoms with Crippen LogP contribution in [0.15, 0.2) is 28.0 Å². The number of amides is 1. The molecule has 2 atom stereocenters. The van der Waals surface area contributed by atoms with Crippen molar-refractivity contribution < 1.29 is 4.79 Å². The molecule has 2 aromatic heterocycles. The second-order valence-corrected chi connectivity index (χ2v) is 11.5. The Morgan fingerprint density at radius 2 is 1.91 bits per heavy atom. The van der Waals surface area contributed by atoms with Crippen LogP contribution < -0.4 is 10.5 Å². The van der Waals surface area contributed by atoms with E-state index < -0.39 is 0 Å². The predicted molar refractivity (Wildman–Crippen MR) is 145 cm³/mol. The highest BCUT2D eigenvalue weighted by molar-refractivity contribution is 8.26. The molecule has 2 saturated heterocycles. The number of carbonyl (C=O) groups is 1. The maximum atomic E-state index is 13.7. The fourth-order valence-corrected chi connectivity index (χ4v) is 6.31. The van der Waals surface area contributed by atoms with Gasteiger partial charge in [-0.15, -0.1) is 0 Å². The van der Waals surface area contributed by atoms with Crippen LogP contribution in [0.2, 0.25) is 0 Å². The summed E-state index contributed by atoms with van der Waals surface area (Å²) < 4.78 is 2.16. The fourth-order valence-electron chi connectivity index (χ4n) is 5.02. The summed E-state index contributed by atoms with van der Waals surface area (Å²) in [7, 11) is 0. The number of fused-ring (bicyclic) bond motifs is 1. The van der Waals surface area contributed by atoms with Gasteiger partial charge in [0.25, 0.3) is 11.5 Å². The zero-order chi connectivity index (χ0) is 24.4. The van der Waals surface area contributed by atoms with Crippen LogP contribution in [-0.2, 0) is 4.79 Å². The van der Waals surface area contributed by atoms with Crippen molar-refractivity contribution in [1.29, 1.82) is 0 Å². The average molecular weight is 499 g/mol. The lowest BCUT2D eigenvalue weighted by Crippen LogP contribution is -2.40. The Kier molecular flexibility index (Phi) is 7.77. The Hall–Kier alpha value is -2.19. The zero-order valence-corrected chi connectivity index (χ0v) is 22.2. The van der Waals surface area contributed by atoms with Crippen molar-refractivity contribution in [1.82, 2.24) is 14.3 Å².